The van der Waals surface area contributed by atoms with E-state index in [0.717, 1.165) is 18.1 Å². The van der Waals surface area contributed by atoms with E-state index in [0.29, 0.717) is 22.6 Å². The van der Waals surface area contributed by atoms with Gasteiger partial charge in [0.25, 0.3) is 0 Å². The molecule has 0 unspecified atom stereocenters. The molecule has 0 fully saturated rings. The molecule has 0 bridgehead atoms. The standard InChI is InChI=1S/C24H39BrF2N4O2S2Si/c1-8-36(9-2,10-3)18-14-19(25)30-21(20(18)27)24(15-26,31-34(32)22(4,5)6)17-35(33)23(7,16-28)12-11-13-29-35/h14,31H,8-13,15,17H2,1-7H3/t23-,24+,34-,35-/m1/s1. The number of rotatable bonds is 10. The molecule has 1 aliphatic rings. The smallest absolute Gasteiger partial charge is 0.149 e. The van der Waals surface area contributed by atoms with Gasteiger partial charge in [-0.25, -0.2) is 22.3 Å². The zero-order chi connectivity index (χ0) is 27.6. The monoisotopic (exact) mass is 624 g/mol. The molecule has 2 rings (SSSR count). The van der Waals surface area contributed by atoms with Crippen molar-refractivity contribution in [2.45, 2.75) is 94.5 Å². The first-order valence-electron chi connectivity index (χ1n) is 12.4. The third kappa shape index (κ3) is 5.86. The predicted octanol–water partition coefficient (Wildman–Crippen LogP) is 5.46. The summed E-state index contributed by atoms with van der Waals surface area (Å²) in [6, 6.07) is 6.17. The van der Waals surface area contributed by atoms with Crippen LogP contribution in [0.15, 0.2) is 15.0 Å². The van der Waals surface area contributed by atoms with Crippen LogP contribution in [0.25, 0.3) is 0 Å². The number of nitrogens with zero attached hydrogens (tertiary/aromatic N) is 3. The lowest BCUT2D eigenvalue weighted by Gasteiger charge is -2.40. The van der Waals surface area contributed by atoms with Crippen LogP contribution in [-0.2, 0) is 26.6 Å². The number of nitrogens with one attached hydrogen (secondary N) is 1. The van der Waals surface area contributed by atoms with Gasteiger partial charge >= 0.3 is 0 Å². The highest BCUT2D eigenvalue weighted by atomic mass is 79.9. The molecule has 0 aromatic carbocycles. The first-order chi connectivity index (χ1) is 16.6. The van der Waals surface area contributed by atoms with Crippen molar-refractivity contribution in [3.05, 3.63) is 22.2 Å². The molecule has 1 aliphatic heterocycles. The molecule has 0 saturated carbocycles. The van der Waals surface area contributed by atoms with Crippen LogP contribution in [0.2, 0.25) is 18.1 Å². The Morgan fingerprint density at radius 2 is 1.92 bits per heavy atom. The van der Waals surface area contributed by atoms with E-state index in [1.54, 1.807) is 33.8 Å². The minimum Gasteiger partial charge on any atom is -0.598 e. The van der Waals surface area contributed by atoms with Gasteiger partial charge in [0.05, 0.1) is 29.6 Å². The molecule has 36 heavy (non-hydrogen) atoms. The van der Waals surface area contributed by atoms with Gasteiger partial charge in [-0.2, -0.15) is 5.26 Å². The highest BCUT2D eigenvalue weighted by Gasteiger charge is 2.52. The molecule has 1 aromatic rings. The number of alkyl halides is 1. The van der Waals surface area contributed by atoms with E-state index in [1.807, 2.05) is 20.8 Å². The molecule has 1 N–H and O–H groups in total. The second kappa shape index (κ2) is 11.7. The van der Waals surface area contributed by atoms with Gasteiger partial charge in [-0.3, -0.25) is 0 Å². The number of aromatic nitrogens is 1. The summed E-state index contributed by atoms with van der Waals surface area (Å²) >= 11 is 1.55. The molecule has 0 amide bonds. The summed E-state index contributed by atoms with van der Waals surface area (Å²) in [6.45, 7) is 11.8. The Kier molecular flexibility index (Phi) is 10.2. The topological polar surface area (TPSA) is 101 Å². The molecule has 4 atom stereocenters. The second-order valence-corrected chi connectivity index (χ2v) is 21.5. The summed E-state index contributed by atoms with van der Waals surface area (Å²) in [6.07, 6.45) is 0.907. The Bertz CT molecular complexity index is 1110. The molecule has 0 aliphatic carbocycles. The quantitative estimate of drug-likeness (QED) is 0.212. The van der Waals surface area contributed by atoms with Gasteiger partial charge in [0.1, 0.15) is 37.8 Å². The highest BCUT2D eigenvalue weighted by Crippen LogP contribution is 2.37. The van der Waals surface area contributed by atoms with E-state index in [1.165, 1.54) is 0 Å². The lowest BCUT2D eigenvalue weighted by Crippen LogP contribution is -2.60. The Labute approximate surface area is 228 Å². The number of pyridine rings is 1. The summed E-state index contributed by atoms with van der Waals surface area (Å²) in [5.41, 5.74) is -2.27. The summed E-state index contributed by atoms with van der Waals surface area (Å²) < 4.78 is 64.8. The molecule has 0 saturated heterocycles. The van der Waals surface area contributed by atoms with Crippen molar-refractivity contribution >= 4 is 50.3 Å². The molecule has 1 aromatic heterocycles. The van der Waals surface area contributed by atoms with Gasteiger partial charge in [0.15, 0.2) is 0 Å². The SMILES string of the molecule is CC[Si](CC)(CC)c1cc(Br)nc([C@](CF)(C[S@]2(=O)=NCCC[C@]2(C)C#N)N[S@+]([O-])C(C)(C)C)c1F. The van der Waals surface area contributed by atoms with Crippen molar-refractivity contribution in [1.29, 1.82) is 5.26 Å². The van der Waals surface area contributed by atoms with Gasteiger partial charge in [0.2, 0.25) is 0 Å². The molecule has 6 nitrogen and oxygen atoms in total. The minimum absolute atomic E-state index is 0.261. The van der Waals surface area contributed by atoms with Crippen molar-refractivity contribution < 1.29 is 17.5 Å². The first kappa shape index (κ1) is 31.6. The van der Waals surface area contributed by atoms with Gasteiger partial charge in [0, 0.05) is 17.9 Å². The number of hydrogen-bond donors (Lipinski definition) is 1. The Morgan fingerprint density at radius 1 is 1.33 bits per heavy atom. The summed E-state index contributed by atoms with van der Waals surface area (Å²) in [4.78, 5) is 4.38. The van der Waals surface area contributed by atoms with Crippen molar-refractivity contribution in [2.24, 2.45) is 4.36 Å². The zero-order valence-electron chi connectivity index (χ0n) is 22.3. The van der Waals surface area contributed by atoms with Crippen LogP contribution in [0.5, 0.6) is 0 Å². The average Bonchev–Trinajstić information content (AvgIpc) is 2.83. The Balaban J connectivity index is 2.92. The van der Waals surface area contributed by atoms with E-state index < -0.39 is 62.4 Å². The fraction of sp³-hybridized carbons (Fsp3) is 0.750. The summed E-state index contributed by atoms with van der Waals surface area (Å²) in [5.74, 6) is -1.16. The van der Waals surface area contributed by atoms with Gasteiger partial charge in [-0.1, -0.05) is 38.9 Å². The maximum absolute atomic E-state index is 16.5. The molecule has 204 valence electrons. The summed E-state index contributed by atoms with van der Waals surface area (Å²) in [5, 5.41) is 10.4. The summed E-state index contributed by atoms with van der Waals surface area (Å²) in [7, 11) is -5.66. The van der Waals surface area contributed by atoms with E-state index in [4.69, 9.17) is 0 Å². The largest absolute Gasteiger partial charge is 0.598 e. The van der Waals surface area contributed by atoms with Crippen LogP contribution in [0.3, 0.4) is 0 Å². The fourth-order valence-corrected chi connectivity index (χ4v) is 12.7. The molecular weight excluding hydrogens is 586 g/mol. The van der Waals surface area contributed by atoms with Crippen molar-refractivity contribution in [2.75, 3.05) is 19.0 Å². The van der Waals surface area contributed by atoms with Gasteiger partial charge < -0.3 is 4.55 Å². The molecular formula is C24H39BrF2N4O2S2Si. The average molecular weight is 626 g/mol. The molecule has 0 radical (unpaired) electrons. The van der Waals surface area contributed by atoms with E-state index in [2.05, 4.69) is 36.1 Å². The van der Waals surface area contributed by atoms with E-state index in [-0.39, 0.29) is 12.2 Å². The Morgan fingerprint density at radius 3 is 2.39 bits per heavy atom. The lowest BCUT2D eigenvalue weighted by molar-refractivity contribution is 0.292. The first-order valence-corrected chi connectivity index (χ1v) is 18.6. The lowest BCUT2D eigenvalue weighted by atomic mass is 9.99. The van der Waals surface area contributed by atoms with Crippen LogP contribution in [0.1, 0.15) is 67.0 Å². The van der Waals surface area contributed by atoms with E-state index in [9.17, 15) is 14.0 Å². The molecule has 12 heteroatoms. The number of hydrogen-bond acceptors (Lipinski definition) is 6. The fourth-order valence-electron chi connectivity index (χ4n) is 4.72. The van der Waals surface area contributed by atoms with Gasteiger partial charge in [-0.05, 0) is 67.7 Å². The molecule has 0 spiro atoms. The minimum atomic E-state index is -3.37. The zero-order valence-corrected chi connectivity index (χ0v) is 26.6. The maximum Gasteiger partial charge on any atom is 0.149 e. The molecule has 2 heterocycles. The van der Waals surface area contributed by atoms with E-state index >= 15 is 8.78 Å². The third-order valence-electron chi connectivity index (χ3n) is 7.55. The number of halogens is 3. The van der Waals surface area contributed by atoms with Gasteiger partial charge in [-0.15, -0.1) is 4.72 Å². The van der Waals surface area contributed by atoms with Crippen LogP contribution in [-0.4, -0.2) is 50.3 Å². The van der Waals surface area contributed by atoms with Crippen LogP contribution >= 0.6 is 15.9 Å². The second-order valence-electron chi connectivity index (χ2n) is 10.8. The highest BCUT2D eigenvalue weighted by molar-refractivity contribution is 9.10. The third-order valence-corrected chi connectivity index (χ3v) is 18.4. The van der Waals surface area contributed by atoms with Crippen molar-refractivity contribution in [3.8, 4) is 6.07 Å². The van der Waals surface area contributed by atoms with Crippen LogP contribution in [0, 0.1) is 17.1 Å². The number of nitriles is 1. The van der Waals surface area contributed by atoms with Crippen molar-refractivity contribution in [3.63, 3.8) is 0 Å². The van der Waals surface area contributed by atoms with Crippen molar-refractivity contribution in [1.82, 2.24) is 9.71 Å². The predicted molar refractivity (Wildman–Crippen MR) is 151 cm³/mol. The van der Waals surface area contributed by atoms with Crippen LogP contribution in [0.4, 0.5) is 8.78 Å². The normalized spacial score (nSPS) is 25.5. The van der Waals surface area contributed by atoms with Crippen LogP contribution < -0.4 is 9.91 Å². The maximum atomic E-state index is 16.5. The Hall–Kier alpha value is -0.583.